The lowest BCUT2D eigenvalue weighted by Crippen LogP contribution is -2.23. The van der Waals surface area contributed by atoms with E-state index in [1.807, 2.05) is 0 Å². The van der Waals surface area contributed by atoms with E-state index >= 15 is 0 Å². The Morgan fingerprint density at radius 2 is 1.89 bits per heavy atom. The summed E-state index contributed by atoms with van der Waals surface area (Å²) in [5, 5.41) is 3.56. The van der Waals surface area contributed by atoms with Crippen LogP contribution in [0.3, 0.4) is 0 Å². The molecule has 2 rings (SSSR count). The first-order valence-electron chi connectivity index (χ1n) is 7.44. The van der Waals surface area contributed by atoms with E-state index in [1.54, 1.807) is 0 Å². The summed E-state index contributed by atoms with van der Waals surface area (Å²) in [7, 11) is 0. The molecule has 0 saturated carbocycles. The zero-order chi connectivity index (χ0) is 13.7. The van der Waals surface area contributed by atoms with Crippen LogP contribution in [0.2, 0.25) is 0 Å². The van der Waals surface area contributed by atoms with Crippen LogP contribution in [0.25, 0.3) is 11.0 Å². The summed E-state index contributed by atoms with van der Waals surface area (Å²) in [6.45, 7) is 9.62. The Balaban J connectivity index is 2.08. The molecular formula is C16H25N3. The Morgan fingerprint density at radius 1 is 1.16 bits per heavy atom. The minimum atomic E-state index is 0.777. The van der Waals surface area contributed by atoms with Crippen LogP contribution < -0.4 is 5.32 Å². The molecule has 0 atom stereocenters. The van der Waals surface area contributed by atoms with Crippen molar-refractivity contribution in [3.05, 3.63) is 30.1 Å². The number of nitrogens with zero attached hydrogens (tertiary/aromatic N) is 2. The molecule has 1 aromatic heterocycles. The van der Waals surface area contributed by atoms with Crippen LogP contribution in [0.15, 0.2) is 24.3 Å². The molecule has 0 spiro atoms. The molecule has 2 aromatic rings. The van der Waals surface area contributed by atoms with Crippen LogP contribution in [-0.2, 0) is 13.1 Å². The average Bonchev–Trinajstić information content (AvgIpc) is 2.81. The van der Waals surface area contributed by atoms with E-state index in [9.17, 15) is 0 Å². The van der Waals surface area contributed by atoms with Gasteiger partial charge in [-0.15, -0.1) is 0 Å². The first kappa shape index (κ1) is 14.1. The highest BCUT2D eigenvalue weighted by molar-refractivity contribution is 5.75. The van der Waals surface area contributed by atoms with Crippen molar-refractivity contribution in [2.75, 3.05) is 6.54 Å². The van der Waals surface area contributed by atoms with Gasteiger partial charge in [0, 0.05) is 6.54 Å². The van der Waals surface area contributed by atoms with Gasteiger partial charge in [-0.1, -0.05) is 38.8 Å². The molecule has 1 heterocycles. The third-order valence-corrected chi connectivity index (χ3v) is 3.92. The maximum atomic E-state index is 4.73. The quantitative estimate of drug-likeness (QED) is 0.823. The third-order valence-electron chi connectivity index (χ3n) is 3.92. The van der Waals surface area contributed by atoms with Gasteiger partial charge >= 0.3 is 0 Å². The lowest BCUT2D eigenvalue weighted by Gasteiger charge is -2.13. The fourth-order valence-electron chi connectivity index (χ4n) is 2.58. The second kappa shape index (κ2) is 6.71. The largest absolute Gasteiger partial charge is 0.327 e. The van der Waals surface area contributed by atoms with Crippen molar-refractivity contribution in [1.82, 2.24) is 14.9 Å². The molecule has 0 saturated heterocycles. The normalized spacial score (nSPS) is 11.6. The number of imidazole rings is 1. The Labute approximate surface area is 116 Å². The van der Waals surface area contributed by atoms with Gasteiger partial charge in [-0.05, 0) is 31.5 Å². The van der Waals surface area contributed by atoms with Gasteiger partial charge in [-0.3, -0.25) is 0 Å². The summed E-state index contributed by atoms with van der Waals surface area (Å²) in [5.41, 5.74) is 2.34. The molecule has 1 N–H and O–H groups in total. The minimum absolute atomic E-state index is 0.777. The molecule has 0 radical (unpaired) electrons. The van der Waals surface area contributed by atoms with E-state index in [2.05, 4.69) is 54.9 Å². The molecule has 0 aliphatic carbocycles. The Bertz CT molecular complexity index is 512. The highest BCUT2D eigenvalue weighted by atomic mass is 15.1. The fraction of sp³-hybridized carbons (Fsp3) is 0.562. The summed E-state index contributed by atoms with van der Waals surface area (Å²) in [4.78, 5) is 4.73. The Hall–Kier alpha value is -1.35. The molecular weight excluding hydrogens is 234 g/mol. The first-order chi connectivity index (χ1) is 9.30. The van der Waals surface area contributed by atoms with Crippen molar-refractivity contribution in [2.24, 2.45) is 5.92 Å². The molecule has 3 heteroatoms. The lowest BCUT2D eigenvalue weighted by molar-refractivity contribution is 0.443. The first-order valence-corrected chi connectivity index (χ1v) is 7.44. The predicted molar refractivity (Wildman–Crippen MR) is 81.2 cm³/mol. The second-order valence-corrected chi connectivity index (χ2v) is 5.07. The van der Waals surface area contributed by atoms with Gasteiger partial charge < -0.3 is 9.88 Å². The summed E-state index contributed by atoms with van der Waals surface area (Å²) in [6, 6.07) is 8.37. The minimum Gasteiger partial charge on any atom is -0.327 e. The molecule has 19 heavy (non-hydrogen) atoms. The summed E-state index contributed by atoms with van der Waals surface area (Å²) >= 11 is 0. The molecule has 1 aromatic carbocycles. The molecule has 104 valence electrons. The van der Waals surface area contributed by atoms with Gasteiger partial charge in [0.15, 0.2) is 0 Å². The highest BCUT2D eigenvalue weighted by Gasteiger charge is 2.09. The topological polar surface area (TPSA) is 29.9 Å². The predicted octanol–water partition coefficient (Wildman–Crippen LogP) is 3.58. The molecule has 0 aliphatic heterocycles. The smallest absolute Gasteiger partial charge is 0.123 e. The van der Waals surface area contributed by atoms with E-state index in [1.165, 1.54) is 18.4 Å². The van der Waals surface area contributed by atoms with Crippen LogP contribution in [0, 0.1) is 5.92 Å². The number of rotatable bonds is 7. The number of nitrogens with one attached hydrogen (secondary N) is 1. The van der Waals surface area contributed by atoms with Crippen molar-refractivity contribution in [3.8, 4) is 0 Å². The van der Waals surface area contributed by atoms with Crippen molar-refractivity contribution in [1.29, 1.82) is 0 Å². The molecule has 0 fully saturated rings. The van der Waals surface area contributed by atoms with Crippen molar-refractivity contribution in [3.63, 3.8) is 0 Å². The van der Waals surface area contributed by atoms with Gasteiger partial charge in [-0.2, -0.15) is 0 Å². The van der Waals surface area contributed by atoms with Crippen molar-refractivity contribution >= 4 is 11.0 Å². The number of fused-ring (bicyclic) bond motifs is 1. The number of aryl methyl sites for hydroxylation is 1. The number of hydrogen-bond acceptors (Lipinski definition) is 2. The number of aromatic nitrogens is 2. The average molecular weight is 259 g/mol. The zero-order valence-electron chi connectivity index (χ0n) is 12.3. The van der Waals surface area contributed by atoms with E-state index < -0.39 is 0 Å². The van der Waals surface area contributed by atoms with E-state index in [0.29, 0.717) is 0 Å². The van der Waals surface area contributed by atoms with E-state index in [-0.39, 0.29) is 0 Å². The molecule has 0 bridgehead atoms. The molecule has 0 amide bonds. The number of para-hydroxylation sites is 2. The SMILES string of the molecule is CCC(CC)CNCc1nc2ccccc2n1CC. The van der Waals surface area contributed by atoms with Crippen LogP contribution in [0.4, 0.5) is 0 Å². The standard InChI is InChI=1S/C16H25N3/c1-4-13(5-2)11-17-12-16-18-14-9-7-8-10-15(14)19(16)6-3/h7-10,13,17H,4-6,11-12H2,1-3H3. The Morgan fingerprint density at radius 3 is 2.58 bits per heavy atom. The maximum absolute atomic E-state index is 4.73. The zero-order valence-corrected chi connectivity index (χ0v) is 12.3. The molecule has 3 nitrogen and oxygen atoms in total. The van der Waals surface area contributed by atoms with E-state index in [0.717, 1.165) is 36.9 Å². The fourth-order valence-corrected chi connectivity index (χ4v) is 2.58. The van der Waals surface area contributed by atoms with Crippen LogP contribution in [0.5, 0.6) is 0 Å². The third kappa shape index (κ3) is 3.16. The van der Waals surface area contributed by atoms with Crippen molar-refractivity contribution < 1.29 is 0 Å². The van der Waals surface area contributed by atoms with Crippen molar-refractivity contribution in [2.45, 2.75) is 46.7 Å². The maximum Gasteiger partial charge on any atom is 0.123 e. The van der Waals surface area contributed by atoms with Gasteiger partial charge in [0.25, 0.3) is 0 Å². The van der Waals surface area contributed by atoms with Gasteiger partial charge in [0.1, 0.15) is 5.82 Å². The van der Waals surface area contributed by atoms with Gasteiger partial charge in [0.05, 0.1) is 17.6 Å². The second-order valence-electron chi connectivity index (χ2n) is 5.07. The monoisotopic (exact) mass is 259 g/mol. The lowest BCUT2D eigenvalue weighted by atomic mass is 10.0. The number of benzene rings is 1. The van der Waals surface area contributed by atoms with Crippen LogP contribution in [-0.4, -0.2) is 16.1 Å². The Kier molecular flexibility index (Phi) is 4.97. The van der Waals surface area contributed by atoms with Gasteiger partial charge in [0.2, 0.25) is 0 Å². The summed E-state index contributed by atoms with van der Waals surface area (Å²) < 4.78 is 2.30. The van der Waals surface area contributed by atoms with Crippen LogP contribution in [0.1, 0.15) is 39.4 Å². The molecule has 0 unspecified atom stereocenters. The van der Waals surface area contributed by atoms with E-state index in [4.69, 9.17) is 4.98 Å². The summed E-state index contributed by atoms with van der Waals surface area (Å²) in [5.74, 6) is 1.93. The highest BCUT2D eigenvalue weighted by Crippen LogP contribution is 2.16. The summed E-state index contributed by atoms with van der Waals surface area (Å²) in [6.07, 6.45) is 2.49. The van der Waals surface area contributed by atoms with Crippen LogP contribution >= 0.6 is 0 Å². The number of hydrogen-bond donors (Lipinski definition) is 1. The molecule has 0 aliphatic rings. The van der Waals surface area contributed by atoms with Gasteiger partial charge in [-0.25, -0.2) is 4.98 Å².